The van der Waals surface area contributed by atoms with Crippen molar-refractivity contribution in [3.63, 3.8) is 0 Å². The molecule has 1 aromatic rings. The van der Waals surface area contributed by atoms with Gasteiger partial charge in [-0.05, 0) is 36.6 Å². The van der Waals surface area contributed by atoms with Crippen LogP contribution in [0.5, 0.6) is 0 Å². The van der Waals surface area contributed by atoms with Gasteiger partial charge in [0.25, 0.3) is 0 Å². The molecule has 94 valence electrons. The minimum atomic E-state index is -0.846. The van der Waals surface area contributed by atoms with Crippen LogP contribution in [0.4, 0.5) is 0 Å². The molecule has 0 spiro atoms. The van der Waals surface area contributed by atoms with Crippen molar-refractivity contribution in [2.75, 3.05) is 6.54 Å². The summed E-state index contributed by atoms with van der Waals surface area (Å²) in [5, 5.41) is 12.3. The van der Waals surface area contributed by atoms with Gasteiger partial charge in [-0.1, -0.05) is 41.9 Å². The number of rotatable bonds is 5. The minimum absolute atomic E-state index is 0.422. The topological polar surface area (TPSA) is 49.3 Å². The number of nitrogens with one attached hydrogen (secondary N) is 1. The molecule has 1 unspecified atom stereocenters. The monoisotopic (exact) mass is 299 g/mol. The first-order valence-electron chi connectivity index (χ1n) is 5.64. The summed E-state index contributed by atoms with van der Waals surface area (Å²) in [6.07, 6.45) is 0. The van der Waals surface area contributed by atoms with E-state index in [1.165, 1.54) is 0 Å². The van der Waals surface area contributed by atoms with Crippen LogP contribution in [0.2, 0.25) is 0 Å². The third-order valence-electron chi connectivity index (χ3n) is 2.51. The molecule has 0 aliphatic carbocycles. The number of halogens is 1. The zero-order valence-corrected chi connectivity index (χ0v) is 11.9. The van der Waals surface area contributed by atoms with Crippen molar-refractivity contribution in [1.29, 1.82) is 0 Å². The molecule has 0 radical (unpaired) electrons. The molecule has 0 bridgehead atoms. The quantitative estimate of drug-likeness (QED) is 0.878. The van der Waals surface area contributed by atoms with Crippen LogP contribution in [-0.4, -0.2) is 17.6 Å². The zero-order valence-electron chi connectivity index (χ0n) is 10.3. The number of carboxylic acid groups (broad SMARTS) is 1. The zero-order chi connectivity index (χ0) is 13.0. The first-order chi connectivity index (χ1) is 7.91. The Morgan fingerprint density at radius 3 is 2.59 bits per heavy atom. The second-order valence-electron chi connectivity index (χ2n) is 4.58. The van der Waals surface area contributed by atoms with Crippen LogP contribution in [0.1, 0.15) is 31.0 Å². The van der Waals surface area contributed by atoms with Crippen LogP contribution in [0.25, 0.3) is 0 Å². The smallest absolute Gasteiger partial charge is 0.325 e. The summed E-state index contributed by atoms with van der Waals surface area (Å²) >= 11 is 3.42. The second-order valence-corrected chi connectivity index (χ2v) is 5.44. The molecule has 1 rings (SSSR count). The lowest BCUT2D eigenvalue weighted by Crippen LogP contribution is -2.31. The molecule has 0 aliphatic heterocycles. The van der Waals surface area contributed by atoms with Crippen LogP contribution in [0.3, 0.4) is 0 Å². The molecule has 3 nitrogen and oxygen atoms in total. The number of aryl methyl sites for hydroxylation is 1. The Balaban J connectivity index is 2.89. The highest BCUT2D eigenvalue weighted by Crippen LogP contribution is 2.22. The normalized spacial score (nSPS) is 12.8. The van der Waals surface area contributed by atoms with Gasteiger partial charge < -0.3 is 10.4 Å². The highest BCUT2D eigenvalue weighted by molar-refractivity contribution is 9.10. The summed E-state index contributed by atoms with van der Waals surface area (Å²) < 4.78 is 0.938. The van der Waals surface area contributed by atoms with E-state index in [1.54, 1.807) is 0 Å². The number of benzene rings is 1. The molecule has 0 saturated carbocycles. The van der Waals surface area contributed by atoms with E-state index in [1.807, 2.05) is 25.1 Å². The average Bonchev–Trinajstić information content (AvgIpc) is 2.22. The molecule has 0 aromatic heterocycles. The predicted octanol–water partition coefficient (Wildman–Crippen LogP) is 3.13. The molecule has 0 aliphatic rings. The third-order valence-corrected chi connectivity index (χ3v) is 3.36. The van der Waals surface area contributed by atoms with Crippen molar-refractivity contribution >= 4 is 21.9 Å². The fourth-order valence-corrected chi connectivity index (χ4v) is 1.89. The van der Waals surface area contributed by atoms with E-state index < -0.39 is 12.0 Å². The van der Waals surface area contributed by atoms with Crippen LogP contribution in [0.15, 0.2) is 22.7 Å². The molecule has 1 aromatic carbocycles. The van der Waals surface area contributed by atoms with Gasteiger partial charge in [0.2, 0.25) is 0 Å². The molecule has 2 N–H and O–H groups in total. The summed E-state index contributed by atoms with van der Waals surface area (Å²) in [4.78, 5) is 11.2. The lowest BCUT2D eigenvalue weighted by Gasteiger charge is -2.17. The van der Waals surface area contributed by atoms with E-state index in [2.05, 4.69) is 35.1 Å². The SMILES string of the molecule is Cc1ccc(C(NCC(C)C)C(=O)O)cc1Br. The fraction of sp³-hybridized carbons (Fsp3) is 0.462. The number of carbonyl (C=O) groups is 1. The maximum Gasteiger partial charge on any atom is 0.325 e. The molecule has 0 amide bonds. The van der Waals surface area contributed by atoms with Crippen LogP contribution in [0, 0.1) is 12.8 Å². The van der Waals surface area contributed by atoms with Gasteiger partial charge in [-0.3, -0.25) is 4.79 Å². The first kappa shape index (κ1) is 14.2. The molecule has 1 atom stereocenters. The summed E-state index contributed by atoms with van der Waals surface area (Å²) in [6, 6.07) is 4.99. The van der Waals surface area contributed by atoms with Crippen molar-refractivity contribution in [1.82, 2.24) is 5.32 Å². The summed E-state index contributed by atoms with van der Waals surface area (Å²) in [5.74, 6) is -0.424. The Morgan fingerprint density at radius 2 is 2.12 bits per heavy atom. The fourth-order valence-electron chi connectivity index (χ4n) is 1.49. The summed E-state index contributed by atoms with van der Waals surface area (Å²) in [7, 11) is 0. The maximum atomic E-state index is 11.2. The molecule has 0 saturated heterocycles. The molecule has 0 fully saturated rings. The van der Waals surface area contributed by atoms with E-state index in [0.717, 1.165) is 15.6 Å². The minimum Gasteiger partial charge on any atom is -0.480 e. The van der Waals surface area contributed by atoms with Gasteiger partial charge in [0.05, 0.1) is 0 Å². The number of hydrogen-bond acceptors (Lipinski definition) is 2. The van der Waals surface area contributed by atoms with E-state index in [4.69, 9.17) is 0 Å². The largest absolute Gasteiger partial charge is 0.480 e. The van der Waals surface area contributed by atoms with E-state index in [0.29, 0.717) is 12.5 Å². The van der Waals surface area contributed by atoms with Crippen molar-refractivity contribution in [3.8, 4) is 0 Å². The molecular weight excluding hydrogens is 282 g/mol. The van der Waals surface area contributed by atoms with Gasteiger partial charge in [-0.25, -0.2) is 0 Å². The molecular formula is C13H18BrNO2. The highest BCUT2D eigenvalue weighted by Gasteiger charge is 2.19. The molecule has 4 heteroatoms. The van der Waals surface area contributed by atoms with Gasteiger partial charge >= 0.3 is 5.97 Å². The maximum absolute atomic E-state index is 11.2. The van der Waals surface area contributed by atoms with Crippen molar-refractivity contribution < 1.29 is 9.90 Å². The van der Waals surface area contributed by atoms with Gasteiger partial charge in [0.15, 0.2) is 0 Å². The lowest BCUT2D eigenvalue weighted by molar-refractivity contribution is -0.139. The van der Waals surface area contributed by atoms with Crippen LogP contribution in [-0.2, 0) is 4.79 Å². The van der Waals surface area contributed by atoms with Gasteiger partial charge in [-0.15, -0.1) is 0 Å². The number of carboxylic acids is 1. The van der Waals surface area contributed by atoms with Crippen LogP contribution < -0.4 is 5.32 Å². The Kier molecular flexibility index (Phi) is 5.15. The van der Waals surface area contributed by atoms with Crippen molar-refractivity contribution in [2.24, 2.45) is 5.92 Å². The standard InChI is InChI=1S/C13H18BrNO2/c1-8(2)7-15-12(13(16)17)10-5-4-9(3)11(14)6-10/h4-6,8,12,15H,7H2,1-3H3,(H,16,17). The first-order valence-corrected chi connectivity index (χ1v) is 6.43. The highest BCUT2D eigenvalue weighted by atomic mass is 79.9. The molecule has 0 heterocycles. The number of hydrogen-bond donors (Lipinski definition) is 2. The molecule has 17 heavy (non-hydrogen) atoms. The Morgan fingerprint density at radius 1 is 1.47 bits per heavy atom. The van der Waals surface area contributed by atoms with E-state index in [9.17, 15) is 9.90 Å². The van der Waals surface area contributed by atoms with Gasteiger partial charge in [0.1, 0.15) is 6.04 Å². The third kappa shape index (κ3) is 4.13. The summed E-state index contributed by atoms with van der Waals surface area (Å²) in [6.45, 7) is 6.77. The van der Waals surface area contributed by atoms with E-state index >= 15 is 0 Å². The Bertz CT molecular complexity index is 404. The number of aliphatic carboxylic acids is 1. The predicted molar refractivity (Wildman–Crippen MR) is 72.1 cm³/mol. The van der Waals surface area contributed by atoms with Crippen LogP contribution >= 0.6 is 15.9 Å². The second kappa shape index (κ2) is 6.17. The van der Waals surface area contributed by atoms with Crippen molar-refractivity contribution in [2.45, 2.75) is 26.8 Å². The summed E-state index contributed by atoms with van der Waals surface area (Å²) in [5.41, 5.74) is 1.87. The van der Waals surface area contributed by atoms with E-state index in [-0.39, 0.29) is 0 Å². The Labute approximate surface area is 110 Å². The van der Waals surface area contributed by atoms with Crippen molar-refractivity contribution in [3.05, 3.63) is 33.8 Å². The van der Waals surface area contributed by atoms with Gasteiger partial charge in [0, 0.05) is 4.47 Å². The lowest BCUT2D eigenvalue weighted by atomic mass is 10.0. The van der Waals surface area contributed by atoms with Gasteiger partial charge in [-0.2, -0.15) is 0 Å². The Hall–Kier alpha value is -0.870. The average molecular weight is 300 g/mol.